The smallest absolute Gasteiger partial charge is 0.157 e. The Kier molecular flexibility index (Phi) is 8.91. The SMILES string of the molecule is Brc1ccccn1.OC(COC1CCCCO1)Cc1ccccn1. The molecule has 2 aromatic rings. The van der Waals surface area contributed by atoms with Crippen LogP contribution in [0.25, 0.3) is 0 Å². The molecule has 0 saturated carbocycles. The van der Waals surface area contributed by atoms with Crippen LogP contribution >= 0.6 is 15.9 Å². The Morgan fingerprint density at radius 1 is 1.17 bits per heavy atom. The maximum Gasteiger partial charge on any atom is 0.157 e. The number of halogens is 1. The molecule has 1 N–H and O–H groups in total. The van der Waals surface area contributed by atoms with E-state index in [2.05, 4.69) is 25.9 Å². The minimum Gasteiger partial charge on any atom is -0.390 e. The lowest BCUT2D eigenvalue weighted by Crippen LogP contribution is -2.27. The van der Waals surface area contributed by atoms with Gasteiger partial charge in [0.15, 0.2) is 6.29 Å². The van der Waals surface area contributed by atoms with E-state index in [4.69, 9.17) is 9.47 Å². The third kappa shape index (κ3) is 7.97. The summed E-state index contributed by atoms with van der Waals surface area (Å²) in [5.41, 5.74) is 0.883. The molecule has 0 aliphatic carbocycles. The zero-order chi connectivity index (χ0) is 17.0. The molecule has 1 fully saturated rings. The van der Waals surface area contributed by atoms with Gasteiger partial charge in [0.2, 0.25) is 0 Å². The van der Waals surface area contributed by atoms with E-state index in [0.29, 0.717) is 13.0 Å². The highest BCUT2D eigenvalue weighted by molar-refractivity contribution is 9.10. The van der Waals surface area contributed by atoms with Gasteiger partial charge in [0.1, 0.15) is 4.60 Å². The van der Waals surface area contributed by atoms with Crippen LogP contribution in [-0.2, 0) is 15.9 Å². The Balaban J connectivity index is 0.000000249. The van der Waals surface area contributed by atoms with Gasteiger partial charge in [-0.2, -0.15) is 0 Å². The van der Waals surface area contributed by atoms with E-state index in [-0.39, 0.29) is 6.29 Å². The Morgan fingerprint density at radius 3 is 2.50 bits per heavy atom. The van der Waals surface area contributed by atoms with Crippen molar-refractivity contribution in [2.75, 3.05) is 13.2 Å². The first-order valence-electron chi connectivity index (χ1n) is 8.12. The summed E-state index contributed by atoms with van der Waals surface area (Å²) in [6.07, 6.45) is 6.51. The minimum absolute atomic E-state index is 0.137. The Hall–Kier alpha value is -1.34. The lowest BCUT2D eigenvalue weighted by molar-refractivity contribution is -0.175. The predicted octanol–water partition coefficient (Wildman–Crippen LogP) is 3.37. The molecule has 3 heterocycles. The summed E-state index contributed by atoms with van der Waals surface area (Å²) in [5.74, 6) is 0. The number of aliphatic hydroxyl groups excluding tert-OH is 1. The van der Waals surface area contributed by atoms with Crippen molar-refractivity contribution in [2.24, 2.45) is 0 Å². The number of ether oxygens (including phenoxy) is 2. The molecule has 0 radical (unpaired) electrons. The highest BCUT2D eigenvalue weighted by Gasteiger charge is 2.16. The number of hydrogen-bond donors (Lipinski definition) is 1. The summed E-state index contributed by atoms with van der Waals surface area (Å²) in [4.78, 5) is 8.06. The van der Waals surface area contributed by atoms with Gasteiger partial charge in [0, 0.05) is 31.1 Å². The van der Waals surface area contributed by atoms with Crippen LogP contribution in [0.3, 0.4) is 0 Å². The van der Waals surface area contributed by atoms with E-state index in [1.165, 1.54) is 0 Å². The second-order valence-electron chi connectivity index (χ2n) is 5.46. The van der Waals surface area contributed by atoms with Gasteiger partial charge in [0.05, 0.1) is 12.7 Å². The monoisotopic (exact) mass is 394 g/mol. The standard InChI is InChI=1S/C13H19NO3.C5H4BrN/c15-12(9-11-5-1-3-7-14-11)10-17-13-6-2-4-8-16-13;6-5-3-1-2-4-7-5/h1,3,5,7,12-13,15H,2,4,6,8-10H2;1-4H. The second-order valence-corrected chi connectivity index (χ2v) is 6.27. The van der Waals surface area contributed by atoms with Crippen molar-refractivity contribution in [2.45, 2.75) is 38.1 Å². The van der Waals surface area contributed by atoms with Gasteiger partial charge in [-0.15, -0.1) is 0 Å². The number of pyridine rings is 2. The second kappa shape index (κ2) is 11.3. The molecular weight excluding hydrogens is 372 g/mol. The van der Waals surface area contributed by atoms with Gasteiger partial charge >= 0.3 is 0 Å². The molecular formula is C18H23BrN2O3. The number of aliphatic hydroxyl groups is 1. The fourth-order valence-electron chi connectivity index (χ4n) is 2.22. The van der Waals surface area contributed by atoms with Crippen molar-refractivity contribution in [3.63, 3.8) is 0 Å². The molecule has 6 heteroatoms. The van der Waals surface area contributed by atoms with Gasteiger partial charge in [-0.05, 0) is 59.5 Å². The average molecular weight is 395 g/mol. The van der Waals surface area contributed by atoms with Crippen molar-refractivity contribution in [3.8, 4) is 0 Å². The number of aromatic nitrogens is 2. The summed E-state index contributed by atoms with van der Waals surface area (Å²) in [5, 5.41) is 9.81. The zero-order valence-electron chi connectivity index (χ0n) is 13.6. The highest BCUT2D eigenvalue weighted by atomic mass is 79.9. The fourth-order valence-corrected chi connectivity index (χ4v) is 2.49. The highest BCUT2D eigenvalue weighted by Crippen LogP contribution is 2.14. The molecule has 0 bridgehead atoms. The summed E-state index contributed by atoms with van der Waals surface area (Å²) in [6, 6.07) is 11.4. The van der Waals surface area contributed by atoms with Gasteiger partial charge < -0.3 is 14.6 Å². The summed E-state index contributed by atoms with van der Waals surface area (Å²) < 4.78 is 11.8. The fraction of sp³-hybridized carbons (Fsp3) is 0.444. The van der Waals surface area contributed by atoms with Crippen LogP contribution in [0.4, 0.5) is 0 Å². The van der Waals surface area contributed by atoms with Crippen molar-refractivity contribution < 1.29 is 14.6 Å². The van der Waals surface area contributed by atoms with Gasteiger partial charge in [-0.1, -0.05) is 12.1 Å². The Morgan fingerprint density at radius 2 is 1.96 bits per heavy atom. The molecule has 2 atom stereocenters. The van der Waals surface area contributed by atoms with E-state index in [1.807, 2.05) is 36.4 Å². The van der Waals surface area contributed by atoms with Crippen LogP contribution < -0.4 is 0 Å². The molecule has 0 amide bonds. The van der Waals surface area contributed by atoms with Crippen LogP contribution in [0.5, 0.6) is 0 Å². The average Bonchev–Trinajstić information content (AvgIpc) is 2.63. The predicted molar refractivity (Wildman–Crippen MR) is 95.4 cm³/mol. The van der Waals surface area contributed by atoms with Gasteiger partial charge in [-0.25, -0.2) is 4.98 Å². The Labute approximate surface area is 151 Å². The zero-order valence-corrected chi connectivity index (χ0v) is 15.1. The van der Waals surface area contributed by atoms with Crippen LogP contribution in [0.2, 0.25) is 0 Å². The minimum atomic E-state index is -0.518. The maximum absolute atomic E-state index is 9.81. The first kappa shape index (κ1) is 19.0. The molecule has 24 heavy (non-hydrogen) atoms. The molecule has 1 saturated heterocycles. The lowest BCUT2D eigenvalue weighted by Gasteiger charge is -2.23. The van der Waals surface area contributed by atoms with Crippen LogP contribution in [0.1, 0.15) is 25.0 Å². The van der Waals surface area contributed by atoms with Crippen molar-refractivity contribution in [3.05, 3.63) is 59.1 Å². The summed E-state index contributed by atoms with van der Waals surface area (Å²) >= 11 is 3.20. The van der Waals surface area contributed by atoms with Crippen molar-refractivity contribution in [1.29, 1.82) is 0 Å². The van der Waals surface area contributed by atoms with Gasteiger partial charge in [-0.3, -0.25) is 4.98 Å². The lowest BCUT2D eigenvalue weighted by atomic mass is 10.2. The van der Waals surface area contributed by atoms with Crippen LogP contribution in [-0.4, -0.2) is 40.7 Å². The van der Waals surface area contributed by atoms with Crippen molar-refractivity contribution in [1.82, 2.24) is 9.97 Å². The Bertz CT molecular complexity index is 551. The molecule has 1 aliphatic rings. The number of nitrogens with zero attached hydrogens (tertiary/aromatic N) is 2. The first-order chi connectivity index (χ1) is 11.7. The molecule has 2 aromatic heterocycles. The largest absolute Gasteiger partial charge is 0.390 e. The normalized spacial score (nSPS) is 18.3. The van der Waals surface area contributed by atoms with Crippen LogP contribution in [0.15, 0.2) is 53.4 Å². The first-order valence-corrected chi connectivity index (χ1v) is 8.91. The summed E-state index contributed by atoms with van der Waals surface area (Å²) in [7, 11) is 0. The molecule has 0 aromatic carbocycles. The molecule has 2 unspecified atom stereocenters. The van der Waals surface area contributed by atoms with E-state index >= 15 is 0 Å². The maximum atomic E-state index is 9.81. The van der Waals surface area contributed by atoms with Crippen LogP contribution in [0, 0.1) is 0 Å². The number of hydrogen-bond acceptors (Lipinski definition) is 5. The molecule has 1 aliphatic heterocycles. The summed E-state index contributed by atoms with van der Waals surface area (Å²) in [6.45, 7) is 1.07. The molecule has 130 valence electrons. The van der Waals surface area contributed by atoms with E-state index in [1.54, 1.807) is 12.4 Å². The molecule has 5 nitrogen and oxygen atoms in total. The topological polar surface area (TPSA) is 64.5 Å². The molecule has 3 rings (SSSR count). The third-order valence-electron chi connectivity index (χ3n) is 3.41. The quantitative estimate of drug-likeness (QED) is 0.787. The molecule has 0 spiro atoms. The van der Waals surface area contributed by atoms with Gasteiger partial charge in [0.25, 0.3) is 0 Å². The van der Waals surface area contributed by atoms with E-state index < -0.39 is 6.10 Å². The van der Waals surface area contributed by atoms with Crippen molar-refractivity contribution >= 4 is 15.9 Å². The van der Waals surface area contributed by atoms with E-state index in [9.17, 15) is 5.11 Å². The number of rotatable bonds is 5. The van der Waals surface area contributed by atoms with E-state index in [0.717, 1.165) is 36.2 Å². The third-order valence-corrected chi connectivity index (χ3v) is 3.88.